The van der Waals surface area contributed by atoms with Gasteiger partial charge in [0.05, 0.1) is 23.4 Å². The molecule has 3 atom stereocenters. The van der Waals surface area contributed by atoms with Crippen molar-refractivity contribution in [3.8, 4) is 11.4 Å². The van der Waals surface area contributed by atoms with E-state index >= 15 is 0 Å². The van der Waals surface area contributed by atoms with Gasteiger partial charge in [-0.2, -0.15) is 5.10 Å². The molecular weight excluding hydrogens is 689 g/mol. The molecule has 0 saturated carbocycles. The summed E-state index contributed by atoms with van der Waals surface area (Å²) >= 11 is 14.2. The van der Waals surface area contributed by atoms with E-state index in [1.165, 1.54) is 16.4 Å². The minimum Gasteiger partial charge on any atom is -0.491 e. The van der Waals surface area contributed by atoms with Crippen LogP contribution in [-0.4, -0.2) is 73.2 Å². The average Bonchev–Trinajstić information content (AvgIpc) is 3.85. The number of rotatable bonds is 15. The molecular formula is C33H37Cl2N9O4S. The van der Waals surface area contributed by atoms with Crippen LogP contribution in [0.5, 0.6) is 5.75 Å². The van der Waals surface area contributed by atoms with Crippen molar-refractivity contribution >= 4 is 46.3 Å². The van der Waals surface area contributed by atoms with Crippen LogP contribution in [-0.2, 0) is 21.8 Å². The van der Waals surface area contributed by atoms with E-state index in [2.05, 4.69) is 31.3 Å². The number of hydrogen-bond acceptors (Lipinski definition) is 11. The third-order valence-electron chi connectivity index (χ3n) is 8.16. The molecule has 6 rings (SSSR count). The summed E-state index contributed by atoms with van der Waals surface area (Å²) in [5.41, 5.74) is 3.19. The molecule has 16 heteroatoms. The average molecular weight is 727 g/mol. The molecule has 13 nitrogen and oxygen atoms in total. The zero-order valence-electron chi connectivity index (χ0n) is 27.3. The molecule has 2 aromatic heterocycles. The topological polar surface area (TPSA) is 135 Å². The largest absolute Gasteiger partial charge is 0.491 e. The lowest BCUT2D eigenvalue weighted by molar-refractivity contribution is -0.192. The Labute approximate surface area is 297 Å². The van der Waals surface area contributed by atoms with Gasteiger partial charge in [0, 0.05) is 35.1 Å². The van der Waals surface area contributed by atoms with E-state index in [0.29, 0.717) is 39.6 Å². The van der Waals surface area contributed by atoms with E-state index in [0.717, 1.165) is 23.5 Å². The Hall–Kier alpha value is -4.08. The molecule has 5 aromatic rings. The van der Waals surface area contributed by atoms with E-state index in [-0.39, 0.29) is 37.6 Å². The lowest BCUT2D eigenvalue weighted by Crippen LogP contribution is -2.35. The van der Waals surface area contributed by atoms with Crippen LogP contribution in [0.3, 0.4) is 0 Å². The molecule has 3 aromatic carbocycles. The Morgan fingerprint density at radius 1 is 1.06 bits per heavy atom. The first-order valence-electron chi connectivity index (χ1n) is 15.8. The van der Waals surface area contributed by atoms with Crippen molar-refractivity contribution in [3.05, 3.63) is 99.2 Å². The smallest absolute Gasteiger partial charge is 0.350 e. The molecule has 0 radical (unpaired) electrons. The van der Waals surface area contributed by atoms with Gasteiger partial charge < -0.3 is 24.8 Å². The maximum Gasteiger partial charge on any atom is 0.350 e. The molecule has 0 bridgehead atoms. The van der Waals surface area contributed by atoms with E-state index in [9.17, 15) is 4.79 Å². The number of nitrogens with one attached hydrogen (secondary N) is 2. The summed E-state index contributed by atoms with van der Waals surface area (Å²) in [7, 11) is 0. The molecule has 2 N–H and O–H groups in total. The molecule has 3 heterocycles. The monoisotopic (exact) mass is 725 g/mol. The fourth-order valence-electron chi connectivity index (χ4n) is 5.37. The zero-order valence-corrected chi connectivity index (χ0v) is 29.6. The van der Waals surface area contributed by atoms with Gasteiger partial charge in [-0.1, -0.05) is 48.0 Å². The first-order chi connectivity index (χ1) is 23.8. The van der Waals surface area contributed by atoms with Gasteiger partial charge in [-0.05, 0) is 90.7 Å². The van der Waals surface area contributed by atoms with Gasteiger partial charge in [0.2, 0.25) is 10.9 Å². The van der Waals surface area contributed by atoms with E-state index < -0.39 is 5.79 Å². The van der Waals surface area contributed by atoms with Crippen molar-refractivity contribution in [2.75, 3.05) is 43.2 Å². The number of nitrogens with zero attached hydrogens (tertiary/aromatic N) is 7. The Morgan fingerprint density at radius 3 is 2.45 bits per heavy atom. The van der Waals surface area contributed by atoms with Gasteiger partial charge in [0.1, 0.15) is 31.3 Å². The van der Waals surface area contributed by atoms with Gasteiger partial charge in [-0.3, -0.25) is 0 Å². The molecule has 1 saturated heterocycles. The minimum absolute atomic E-state index is 0.0551. The summed E-state index contributed by atoms with van der Waals surface area (Å²) in [6, 6.07) is 20.7. The van der Waals surface area contributed by atoms with Crippen molar-refractivity contribution in [2.45, 2.75) is 49.9 Å². The van der Waals surface area contributed by atoms with Gasteiger partial charge in [0.25, 0.3) is 0 Å². The van der Waals surface area contributed by atoms with Crippen molar-refractivity contribution in [1.29, 1.82) is 0 Å². The lowest BCUT2D eigenvalue weighted by Gasteiger charge is -2.29. The van der Waals surface area contributed by atoms with Crippen LogP contribution < -0.4 is 21.1 Å². The number of anilines is 2. The summed E-state index contributed by atoms with van der Waals surface area (Å²) in [6.45, 7) is 6.16. The summed E-state index contributed by atoms with van der Waals surface area (Å²) in [6.07, 6.45) is 3.93. The van der Waals surface area contributed by atoms with Gasteiger partial charge >= 0.3 is 5.69 Å². The minimum atomic E-state index is -1.23. The van der Waals surface area contributed by atoms with Crippen LogP contribution in [0, 0.1) is 0 Å². The molecule has 0 aliphatic carbocycles. The second kappa shape index (κ2) is 15.6. The highest BCUT2D eigenvalue weighted by molar-refractivity contribution is 7.98. The summed E-state index contributed by atoms with van der Waals surface area (Å²) in [4.78, 5) is 12.7. The number of aromatic nitrogens is 7. The van der Waals surface area contributed by atoms with Crippen LogP contribution in [0.1, 0.15) is 31.9 Å². The molecule has 1 aliphatic heterocycles. The maximum atomic E-state index is 12.7. The highest BCUT2D eigenvalue weighted by Crippen LogP contribution is 2.41. The number of thioether (sulfide) groups is 1. The predicted octanol–water partition coefficient (Wildman–Crippen LogP) is 5.89. The Bertz CT molecular complexity index is 1900. The third kappa shape index (κ3) is 8.05. The Balaban J connectivity index is 0.982. The van der Waals surface area contributed by atoms with Crippen molar-refractivity contribution < 1.29 is 14.2 Å². The number of halogens is 2. The molecule has 49 heavy (non-hydrogen) atoms. The first kappa shape index (κ1) is 34.8. The molecule has 1 aliphatic rings. The van der Waals surface area contributed by atoms with Crippen LogP contribution in [0.2, 0.25) is 10.0 Å². The van der Waals surface area contributed by atoms with Crippen LogP contribution in [0.25, 0.3) is 5.69 Å². The molecule has 1 unspecified atom stereocenters. The lowest BCUT2D eigenvalue weighted by atomic mass is 10.1. The molecule has 0 amide bonds. The summed E-state index contributed by atoms with van der Waals surface area (Å²) in [5.74, 6) is -0.524. The van der Waals surface area contributed by atoms with Gasteiger partial charge in [-0.25, -0.2) is 18.7 Å². The first-order valence-corrected chi connectivity index (χ1v) is 17.8. The third-order valence-corrected chi connectivity index (χ3v) is 9.37. The van der Waals surface area contributed by atoms with E-state index in [4.69, 9.17) is 37.4 Å². The van der Waals surface area contributed by atoms with E-state index in [1.54, 1.807) is 33.8 Å². The standard InChI is InChI=1S/C33H37Cl2N9O4S/c1-4-22(2)44-32(45)42(21-38-44)26-10-6-24(7-11-26)36-15-16-37-25-8-12-27(13-9-25)46-18-28-19-47-33(48-28,20-43-31(49-3)39-40-41-43)29-14-5-23(34)17-30(29)35/h5-14,17,21-22,28,36-37H,4,15-16,18-20H2,1-3H3/t22?,28-,33-/m1/s1. The maximum absolute atomic E-state index is 12.7. The van der Waals surface area contributed by atoms with Crippen LogP contribution in [0.15, 0.2) is 83.0 Å². The summed E-state index contributed by atoms with van der Waals surface area (Å²) in [5, 5.41) is 24.6. The van der Waals surface area contributed by atoms with Gasteiger partial charge in [-0.15, -0.1) is 5.10 Å². The molecule has 258 valence electrons. The molecule has 0 spiro atoms. The number of ether oxygens (including phenoxy) is 3. The highest BCUT2D eigenvalue weighted by atomic mass is 35.5. The zero-order chi connectivity index (χ0) is 34.4. The number of benzene rings is 3. The summed E-state index contributed by atoms with van der Waals surface area (Å²) < 4.78 is 23.6. The second-order valence-corrected chi connectivity index (χ2v) is 13.1. The fourth-order valence-corrected chi connectivity index (χ4v) is 6.36. The van der Waals surface area contributed by atoms with Gasteiger partial charge in [0.15, 0.2) is 0 Å². The number of hydrogen-bond donors (Lipinski definition) is 2. The van der Waals surface area contributed by atoms with Crippen molar-refractivity contribution in [3.63, 3.8) is 0 Å². The van der Waals surface area contributed by atoms with Crippen LogP contribution in [0.4, 0.5) is 11.4 Å². The Kier molecular flexibility index (Phi) is 11.1. The second-order valence-electron chi connectivity index (χ2n) is 11.5. The van der Waals surface area contributed by atoms with Crippen LogP contribution >= 0.6 is 35.0 Å². The SMILES string of the molecule is CCC(C)n1ncn(-c2ccc(NCCNc3ccc(OC[C@@H]4CO[C@@](Cn5nnnc5SC)(c5ccc(Cl)cc5Cl)O4)cc3)cc2)c1=O. The van der Waals surface area contributed by atoms with E-state index in [1.807, 2.05) is 68.6 Å². The fraction of sp³-hybridized carbons (Fsp3) is 0.364. The quantitative estimate of drug-likeness (QED) is 0.0988. The highest BCUT2D eigenvalue weighted by Gasteiger charge is 2.46. The molecule has 1 fully saturated rings. The van der Waals surface area contributed by atoms with Crippen molar-refractivity contribution in [1.82, 2.24) is 34.6 Å². The predicted molar refractivity (Wildman–Crippen MR) is 190 cm³/mol. The normalized spacial score (nSPS) is 18.0. The van der Waals surface area contributed by atoms with Crippen molar-refractivity contribution in [2.24, 2.45) is 0 Å². The Morgan fingerprint density at radius 2 is 1.78 bits per heavy atom. The number of tetrazole rings is 1.